The topological polar surface area (TPSA) is 58.2 Å². The number of carbonyl (C=O) groups excluding carboxylic acids is 2. The van der Waals surface area contributed by atoms with Crippen molar-refractivity contribution in [3.05, 3.63) is 34.9 Å². The monoisotopic (exact) mass is 282 g/mol. The lowest BCUT2D eigenvalue weighted by molar-refractivity contribution is -0.139. The van der Waals surface area contributed by atoms with Crippen LogP contribution in [0.4, 0.5) is 0 Å². The van der Waals surface area contributed by atoms with Gasteiger partial charge in [0.15, 0.2) is 0 Å². The Balaban J connectivity index is 2.30. The maximum Gasteiger partial charge on any atom is 0.309 e. The summed E-state index contributed by atoms with van der Waals surface area (Å²) in [6.45, 7) is 4.23. The Kier molecular flexibility index (Phi) is 6.36. The molecule has 0 spiro atoms. The van der Waals surface area contributed by atoms with Crippen LogP contribution in [0.5, 0.6) is 0 Å². The zero-order valence-corrected chi connectivity index (χ0v) is 12.0. The van der Waals surface area contributed by atoms with Crippen LogP contribution in [0.25, 0.3) is 0 Å². The molecule has 0 fully saturated rings. The molecule has 0 bridgehead atoms. The Morgan fingerprint density at radius 3 is 2.42 bits per heavy atom. The Bertz CT molecular complexity index is 432. The molecule has 0 saturated heterocycles. The molecule has 4 nitrogen and oxygen atoms in total. The van der Waals surface area contributed by atoms with E-state index in [0.29, 0.717) is 18.0 Å². The number of nitrogens with one attached hydrogen (secondary N) is 2. The molecule has 0 aliphatic heterocycles. The van der Waals surface area contributed by atoms with Crippen LogP contribution in [-0.2, 0) is 16.0 Å². The summed E-state index contributed by atoms with van der Waals surface area (Å²) in [5.41, 5.74) is 1.06. The first-order valence-corrected chi connectivity index (χ1v) is 6.74. The highest BCUT2D eigenvalue weighted by atomic mass is 35.5. The number of carbonyl (C=O) groups is 2. The smallest absolute Gasteiger partial charge is 0.309 e. The fourth-order valence-corrected chi connectivity index (χ4v) is 1.57. The highest BCUT2D eigenvalue weighted by molar-refractivity contribution is 6.35. The van der Waals surface area contributed by atoms with Gasteiger partial charge in [0.05, 0.1) is 0 Å². The summed E-state index contributed by atoms with van der Waals surface area (Å²) in [6.07, 6.45) is 1.46. The molecular formula is C14H19ClN2O2. The van der Waals surface area contributed by atoms with Gasteiger partial charge in [-0.1, -0.05) is 30.7 Å². The third kappa shape index (κ3) is 5.75. The molecular weight excluding hydrogens is 264 g/mol. The molecule has 0 radical (unpaired) electrons. The van der Waals surface area contributed by atoms with Crippen molar-refractivity contribution in [3.8, 4) is 0 Å². The molecule has 104 valence electrons. The highest BCUT2D eigenvalue weighted by Crippen LogP contribution is 2.09. The fraction of sp³-hybridized carbons (Fsp3) is 0.429. The number of hydrogen-bond acceptors (Lipinski definition) is 2. The van der Waals surface area contributed by atoms with Gasteiger partial charge >= 0.3 is 11.8 Å². The quantitative estimate of drug-likeness (QED) is 0.811. The summed E-state index contributed by atoms with van der Waals surface area (Å²) in [5, 5.41) is 5.89. The standard InChI is InChI=1S/C14H19ClN2O2/c1-3-10(2)17-14(19)13(18)16-9-8-11-4-6-12(15)7-5-11/h4-7,10H,3,8-9H2,1-2H3,(H,16,18)(H,17,19)/t10-/m1/s1. The fourth-order valence-electron chi connectivity index (χ4n) is 1.44. The van der Waals surface area contributed by atoms with Gasteiger partial charge in [0.25, 0.3) is 0 Å². The lowest BCUT2D eigenvalue weighted by Gasteiger charge is -2.11. The molecule has 1 rings (SSSR count). The summed E-state index contributed by atoms with van der Waals surface area (Å²) in [5.74, 6) is -1.17. The van der Waals surface area contributed by atoms with Gasteiger partial charge in [-0.25, -0.2) is 0 Å². The van der Waals surface area contributed by atoms with E-state index in [1.807, 2.05) is 26.0 Å². The number of halogens is 1. The predicted molar refractivity (Wildman–Crippen MR) is 76.1 cm³/mol. The van der Waals surface area contributed by atoms with Gasteiger partial charge in [-0.05, 0) is 37.5 Å². The van der Waals surface area contributed by atoms with Crippen molar-refractivity contribution < 1.29 is 9.59 Å². The average Bonchev–Trinajstić information content (AvgIpc) is 2.40. The molecule has 0 aromatic heterocycles. The largest absolute Gasteiger partial charge is 0.348 e. The lowest BCUT2D eigenvalue weighted by Crippen LogP contribution is -2.43. The van der Waals surface area contributed by atoms with E-state index in [1.54, 1.807) is 12.1 Å². The minimum atomic E-state index is -0.589. The van der Waals surface area contributed by atoms with E-state index in [9.17, 15) is 9.59 Å². The maximum atomic E-state index is 11.5. The molecule has 1 atom stereocenters. The van der Waals surface area contributed by atoms with Crippen LogP contribution >= 0.6 is 11.6 Å². The first kappa shape index (κ1) is 15.5. The molecule has 5 heteroatoms. The van der Waals surface area contributed by atoms with Gasteiger partial charge in [0.2, 0.25) is 0 Å². The summed E-state index contributed by atoms with van der Waals surface area (Å²) < 4.78 is 0. The molecule has 0 heterocycles. The van der Waals surface area contributed by atoms with E-state index in [4.69, 9.17) is 11.6 Å². The predicted octanol–water partition coefficient (Wildman–Crippen LogP) is 1.91. The number of amides is 2. The van der Waals surface area contributed by atoms with Crippen molar-refractivity contribution in [1.82, 2.24) is 10.6 Å². The molecule has 1 aromatic carbocycles. The summed E-state index contributed by atoms with van der Waals surface area (Å²) >= 11 is 5.78. The third-order valence-corrected chi connectivity index (χ3v) is 3.06. The van der Waals surface area contributed by atoms with Gasteiger partial charge in [-0.2, -0.15) is 0 Å². The van der Waals surface area contributed by atoms with E-state index < -0.39 is 11.8 Å². The SMILES string of the molecule is CC[C@@H](C)NC(=O)C(=O)NCCc1ccc(Cl)cc1. The van der Waals surface area contributed by atoms with Gasteiger partial charge in [0.1, 0.15) is 0 Å². The number of rotatable bonds is 5. The molecule has 0 aliphatic rings. The van der Waals surface area contributed by atoms with Gasteiger partial charge in [-0.3, -0.25) is 9.59 Å². The van der Waals surface area contributed by atoms with Crippen molar-refractivity contribution in [2.24, 2.45) is 0 Å². The Labute approximate surface area is 118 Å². The van der Waals surface area contributed by atoms with Crippen molar-refractivity contribution in [2.75, 3.05) is 6.54 Å². The molecule has 0 aliphatic carbocycles. The normalized spacial score (nSPS) is 11.7. The second-order valence-electron chi connectivity index (χ2n) is 4.42. The maximum absolute atomic E-state index is 11.5. The Morgan fingerprint density at radius 2 is 1.84 bits per heavy atom. The van der Waals surface area contributed by atoms with E-state index in [-0.39, 0.29) is 6.04 Å². The second kappa shape index (κ2) is 7.79. The molecule has 2 amide bonds. The zero-order valence-electron chi connectivity index (χ0n) is 11.2. The molecule has 0 unspecified atom stereocenters. The molecule has 2 N–H and O–H groups in total. The highest BCUT2D eigenvalue weighted by Gasteiger charge is 2.14. The number of hydrogen-bond donors (Lipinski definition) is 2. The second-order valence-corrected chi connectivity index (χ2v) is 4.85. The van der Waals surface area contributed by atoms with Crippen molar-refractivity contribution >= 4 is 23.4 Å². The minimum absolute atomic E-state index is 0.00881. The van der Waals surface area contributed by atoms with Crippen LogP contribution in [0, 0.1) is 0 Å². The van der Waals surface area contributed by atoms with E-state index in [1.165, 1.54) is 0 Å². The minimum Gasteiger partial charge on any atom is -0.348 e. The van der Waals surface area contributed by atoms with Crippen LogP contribution in [0.1, 0.15) is 25.8 Å². The van der Waals surface area contributed by atoms with Crippen LogP contribution < -0.4 is 10.6 Å². The summed E-state index contributed by atoms with van der Waals surface area (Å²) in [7, 11) is 0. The first-order valence-electron chi connectivity index (χ1n) is 6.36. The van der Waals surface area contributed by atoms with Crippen molar-refractivity contribution in [2.45, 2.75) is 32.7 Å². The summed E-state index contributed by atoms with van der Waals surface area (Å²) in [4.78, 5) is 23.0. The lowest BCUT2D eigenvalue weighted by atomic mass is 10.1. The van der Waals surface area contributed by atoms with E-state index >= 15 is 0 Å². The van der Waals surface area contributed by atoms with Crippen molar-refractivity contribution in [1.29, 1.82) is 0 Å². The number of benzene rings is 1. The van der Waals surface area contributed by atoms with Gasteiger partial charge in [-0.15, -0.1) is 0 Å². The van der Waals surface area contributed by atoms with Crippen LogP contribution in [0.2, 0.25) is 5.02 Å². The third-order valence-electron chi connectivity index (χ3n) is 2.81. The molecule has 19 heavy (non-hydrogen) atoms. The summed E-state index contributed by atoms with van der Waals surface area (Å²) in [6, 6.07) is 7.40. The molecule has 1 aromatic rings. The first-order chi connectivity index (χ1) is 9.02. The molecule has 0 saturated carbocycles. The van der Waals surface area contributed by atoms with Crippen molar-refractivity contribution in [3.63, 3.8) is 0 Å². The zero-order chi connectivity index (χ0) is 14.3. The Morgan fingerprint density at radius 1 is 1.21 bits per heavy atom. The van der Waals surface area contributed by atoms with Crippen LogP contribution in [0.3, 0.4) is 0 Å². The van der Waals surface area contributed by atoms with Crippen LogP contribution in [-0.4, -0.2) is 24.4 Å². The van der Waals surface area contributed by atoms with E-state index in [0.717, 1.165) is 12.0 Å². The average molecular weight is 283 g/mol. The van der Waals surface area contributed by atoms with Crippen LogP contribution in [0.15, 0.2) is 24.3 Å². The van der Waals surface area contributed by atoms with Gasteiger partial charge in [0, 0.05) is 17.6 Å². The van der Waals surface area contributed by atoms with E-state index in [2.05, 4.69) is 10.6 Å². The van der Waals surface area contributed by atoms with Gasteiger partial charge < -0.3 is 10.6 Å². The Hall–Kier alpha value is -1.55.